The molecule has 0 saturated heterocycles. The van der Waals surface area contributed by atoms with Gasteiger partial charge < -0.3 is 5.11 Å². The molecular formula is C7H11NOP+. The van der Waals surface area contributed by atoms with Gasteiger partial charge >= 0.3 is 0 Å². The summed E-state index contributed by atoms with van der Waals surface area (Å²) in [6.45, 7) is 0.123. The molecule has 1 atom stereocenters. The summed E-state index contributed by atoms with van der Waals surface area (Å²) in [5.41, 5.74) is 0.953. The van der Waals surface area contributed by atoms with E-state index in [1.807, 2.05) is 29.1 Å². The molecule has 0 aliphatic rings. The molecular weight excluding hydrogens is 145 g/mol. The van der Waals surface area contributed by atoms with Crippen LogP contribution in [0.2, 0.25) is 0 Å². The lowest BCUT2D eigenvalue weighted by Gasteiger charge is -1.92. The summed E-state index contributed by atoms with van der Waals surface area (Å²) in [6.07, 6.45) is 4.78. The van der Waals surface area contributed by atoms with E-state index in [1.54, 1.807) is 0 Å². The molecule has 2 nitrogen and oxygen atoms in total. The van der Waals surface area contributed by atoms with E-state index < -0.39 is 0 Å². The van der Waals surface area contributed by atoms with Crippen LogP contribution in [0, 0.1) is 0 Å². The van der Waals surface area contributed by atoms with E-state index in [4.69, 9.17) is 5.11 Å². The molecule has 10 heavy (non-hydrogen) atoms. The molecule has 54 valence electrons. The molecule has 0 aromatic carbocycles. The first-order chi connectivity index (χ1) is 4.86. The zero-order chi connectivity index (χ0) is 7.40. The number of hydrogen-bond donors (Lipinski definition) is 1. The molecule has 1 aromatic heterocycles. The zero-order valence-electron chi connectivity index (χ0n) is 5.70. The Morgan fingerprint density at radius 2 is 2.00 bits per heavy atom. The standard InChI is InChI=1S/C7H11NOP/c9-5-7-1-3-8(6-10)4-2-7/h1-4,9H,5-6,10H2/q+1. The fraction of sp³-hybridized carbons (Fsp3) is 0.286. The number of pyridine rings is 1. The van der Waals surface area contributed by atoms with Gasteiger partial charge in [0.05, 0.1) is 6.61 Å². The predicted molar refractivity (Wildman–Crippen MR) is 42.3 cm³/mol. The van der Waals surface area contributed by atoms with Crippen LogP contribution < -0.4 is 4.57 Å². The minimum Gasteiger partial charge on any atom is -0.392 e. The van der Waals surface area contributed by atoms with Crippen molar-refractivity contribution >= 4 is 9.24 Å². The molecule has 0 fully saturated rings. The van der Waals surface area contributed by atoms with Gasteiger partial charge in [0, 0.05) is 12.1 Å². The van der Waals surface area contributed by atoms with E-state index in [0.717, 1.165) is 11.8 Å². The van der Waals surface area contributed by atoms with Gasteiger partial charge in [-0.05, 0) is 5.56 Å². The highest BCUT2D eigenvalue weighted by Gasteiger charge is 1.94. The van der Waals surface area contributed by atoms with Gasteiger partial charge in [0.2, 0.25) is 0 Å². The summed E-state index contributed by atoms with van der Waals surface area (Å²) in [5, 5.41) is 8.69. The Kier molecular flexibility index (Phi) is 2.79. The molecule has 0 spiro atoms. The van der Waals surface area contributed by atoms with E-state index in [1.165, 1.54) is 0 Å². The SMILES string of the molecule is OCc1cc[n+](CP)cc1. The second-order valence-corrected chi connectivity index (χ2v) is 2.43. The Morgan fingerprint density at radius 1 is 1.40 bits per heavy atom. The summed E-state index contributed by atoms with van der Waals surface area (Å²) in [5.74, 6) is 0. The van der Waals surface area contributed by atoms with Crippen molar-refractivity contribution in [3.8, 4) is 0 Å². The minimum absolute atomic E-state index is 0.123. The van der Waals surface area contributed by atoms with E-state index in [2.05, 4.69) is 9.24 Å². The molecule has 0 aliphatic heterocycles. The lowest BCUT2D eigenvalue weighted by molar-refractivity contribution is -0.676. The van der Waals surface area contributed by atoms with Crippen molar-refractivity contribution in [2.75, 3.05) is 0 Å². The largest absolute Gasteiger partial charge is 0.392 e. The number of aliphatic hydroxyl groups is 1. The Labute approximate surface area is 62.7 Å². The van der Waals surface area contributed by atoms with Crippen LogP contribution in [0.3, 0.4) is 0 Å². The molecule has 3 heteroatoms. The number of nitrogens with zero attached hydrogens (tertiary/aromatic N) is 1. The first kappa shape index (κ1) is 7.64. The third kappa shape index (κ3) is 1.76. The van der Waals surface area contributed by atoms with Crippen LogP contribution in [0.5, 0.6) is 0 Å². The molecule has 1 unspecified atom stereocenters. The Hall–Kier alpha value is -0.460. The number of aliphatic hydroxyl groups excluding tert-OH is 1. The van der Waals surface area contributed by atoms with Crippen molar-refractivity contribution in [3.63, 3.8) is 0 Å². The Morgan fingerprint density at radius 3 is 2.40 bits per heavy atom. The maximum atomic E-state index is 8.69. The quantitative estimate of drug-likeness (QED) is 0.483. The average Bonchev–Trinajstić information content (AvgIpc) is 2.05. The van der Waals surface area contributed by atoms with Crippen LogP contribution in [-0.2, 0) is 12.9 Å². The molecule has 1 aromatic rings. The van der Waals surface area contributed by atoms with Gasteiger partial charge in [0.15, 0.2) is 18.7 Å². The van der Waals surface area contributed by atoms with Crippen LogP contribution in [0.25, 0.3) is 0 Å². The topological polar surface area (TPSA) is 24.1 Å². The maximum Gasteiger partial charge on any atom is 0.169 e. The molecule has 0 bridgehead atoms. The molecule has 0 aliphatic carbocycles. The molecule has 0 saturated carbocycles. The summed E-state index contributed by atoms with van der Waals surface area (Å²) < 4.78 is 2.02. The van der Waals surface area contributed by atoms with Crippen molar-refractivity contribution in [1.29, 1.82) is 0 Å². The Balaban J connectivity index is 2.80. The predicted octanol–water partition coefficient (Wildman–Crippen LogP) is 0.299. The molecule has 1 rings (SSSR count). The fourth-order valence-corrected chi connectivity index (χ4v) is 0.959. The van der Waals surface area contributed by atoms with Gasteiger partial charge in [-0.3, -0.25) is 0 Å². The number of hydrogen-bond acceptors (Lipinski definition) is 1. The van der Waals surface area contributed by atoms with Gasteiger partial charge in [0.1, 0.15) is 0 Å². The fourth-order valence-electron chi connectivity index (χ4n) is 0.715. The molecule has 1 heterocycles. The van der Waals surface area contributed by atoms with Gasteiger partial charge in [-0.15, -0.1) is 0 Å². The van der Waals surface area contributed by atoms with Gasteiger partial charge in [-0.25, -0.2) is 4.57 Å². The molecule has 0 radical (unpaired) electrons. The van der Waals surface area contributed by atoms with Gasteiger partial charge in [0.25, 0.3) is 0 Å². The van der Waals surface area contributed by atoms with Crippen LogP contribution in [-0.4, -0.2) is 5.11 Å². The highest BCUT2D eigenvalue weighted by molar-refractivity contribution is 7.14. The van der Waals surface area contributed by atoms with Gasteiger partial charge in [-0.2, -0.15) is 0 Å². The van der Waals surface area contributed by atoms with E-state index >= 15 is 0 Å². The average molecular weight is 156 g/mol. The highest BCUT2D eigenvalue weighted by atomic mass is 31.0. The van der Waals surface area contributed by atoms with E-state index in [9.17, 15) is 0 Å². The second-order valence-electron chi connectivity index (χ2n) is 2.06. The third-order valence-electron chi connectivity index (χ3n) is 1.35. The summed E-state index contributed by atoms with van der Waals surface area (Å²) in [4.78, 5) is 0. The highest BCUT2D eigenvalue weighted by Crippen LogP contribution is 1.93. The third-order valence-corrected chi connectivity index (χ3v) is 1.78. The van der Waals surface area contributed by atoms with Crippen LogP contribution in [0.15, 0.2) is 24.5 Å². The van der Waals surface area contributed by atoms with Crippen LogP contribution >= 0.6 is 9.24 Å². The lowest BCUT2D eigenvalue weighted by atomic mass is 10.3. The van der Waals surface area contributed by atoms with Crippen molar-refractivity contribution < 1.29 is 9.67 Å². The van der Waals surface area contributed by atoms with Crippen molar-refractivity contribution in [2.24, 2.45) is 0 Å². The maximum absolute atomic E-state index is 8.69. The van der Waals surface area contributed by atoms with Crippen molar-refractivity contribution in [3.05, 3.63) is 30.1 Å². The van der Waals surface area contributed by atoms with Crippen LogP contribution in [0.4, 0.5) is 0 Å². The lowest BCUT2D eigenvalue weighted by Crippen LogP contribution is -2.29. The number of aromatic nitrogens is 1. The van der Waals surface area contributed by atoms with Crippen molar-refractivity contribution in [1.82, 2.24) is 0 Å². The summed E-state index contributed by atoms with van der Waals surface area (Å²) >= 11 is 0. The second kappa shape index (κ2) is 3.65. The smallest absolute Gasteiger partial charge is 0.169 e. The Bertz CT molecular complexity index is 174. The first-order valence-corrected chi connectivity index (χ1v) is 3.97. The van der Waals surface area contributed by atoms with Crippen molar-refractivity contribution in [2.45, 2.75) is 12.9 Å². The van der Waals surface area contributed by atoms with E-state index in [0.29, 0.717) is 0 Å². The zero-order valence-corrected chi connectivity index (χ0v) is 6.85. The number of rotatable bonds is 2. The molecule has 1 N–H and O–H groups in total. The van der Waals surface area contributed by atoms with Crippen LogP contribution in [0.1, 0.15) is 5.56 Å². The monoisotopic (exact) mass is 156 g/mol. The summed E-state index contributed by atoms with van der Waals surface area (Å²) in [6, 6.07) is 3.81. The van der Waals surface area contributed by atoms with Gasteiger partial charge in [-0.1, -0.05) is 9.24 Å². The summed E-state index contributed by atoms with van der Waals surface area (Å²) in [7, 11) is 2.63. The normalized spacial score (nSPS) is 9.80. The van der Waals surface area contributed by atoms with E-state index in [-0.39, 0.29) is 6.61 Å². The minimum atomic E-state index is 0.123. The molecule has 0 amide bonds. The first-order valence-electron chi connectivity index (χ1n) is 3.15.